The van der Waals surface area contributed by atoms with E-state index in [1.54, 1.807) is 19.2 Å². The van der Waals surface area contributed by atoms with E-state index < -0.39 is 12.2 Å². The molecule has 0 saturated carbocycles. The second kappa shape index (κ2) is 7.49. The number of benzene rings is 1. The van der Waals surface area contributed by atoms with E-state index in [4.69, 9.17) is 4.74 Å². The average molecular weight is 309 g/mol. The molecule has 0 aromatic heterocycles. The first-order valence-electron chi connectivity index (χ1n) is 7.40. The highest BCUT2D eigenvalue weighted by Gasteiger charge is 2.36. The van der Waals surface area contributed by atoms with Crippen molar-refractivity contribution in [2.45, 2.75) is 31.5 Å². The normalized spacial score (nSPS) is 21.1. The fourth-order valence-electron chi connectivity index (χ4n) is 2.78. The molecule has 1 fully saturated rings. The van der Waals surface area contributed by atoms with Crippen molar-refractivity contribution in [2.24, 2.45) is 0 Å². The zero-order chi connectivity index (χ0) is 16.1. The molecule has 3 nitrogen and oxygen atoms in total. The molecule has 120 valence electrons. The number of halogens is 2. The van der Waals surface area contributed by atoms with Crippen LogP contribution >= 0.6 is 0 Å². The number of alkyl halides is 1. The summed E-state index contributed by atoms with van der Waals surface area (Å²) in [6, 6.07) is 5.56. The van der Waals surface area contributed by atoms with Gasteiger partial charge >= 0.3 is 0 Å². The maximum absolute atomic E-state index is 13.8. The lowest BCUT2D eigenvalue weighted by atomic mass is 10.0. The van der Waals surface area contributed by atoms with Crippen LogP contribution < -0.4 is 0 Å². The molecule has 1 aliphatic rings. The maximum Gasteiger partial charge on any atom is 0.249 e. The minimum absolute atomic E-state index is 0.0311. The van der Waals surface area contributed by atoms with Gasteiger partial charge in [-0.3, -0.25) is 4.79 Å². The highest BCUT2D eigenvalue weighted by molar-refractivity contribution is 5.93. The minimum Gasteiger partial charge on any atom is -0.385 e. The SMILES string of the molecule is C=C(CCCOC)C(=O)N1CC(F)CC1c1cccc(F)c1. The number of rotatable bonds is 6. The molecule has 2 rings (SSSR count). The third-order valence-corrected chi connectivity index (χ3v) is 3.87. The second-order valence-corrected chi connectivity index (χ2v) is 5.56. The summed E-state index contributed by atoms with van der Waals surface area (Å²) in [6.45, 7) is 4.38. The highest BCUT2D eigenvalue weighted by atomic mass is 19.1. The molecule has 22 heavy (non-hydrogen) atoms. The summed E-state index contributed by atoms with van der Waals surface area (Å²) in [5.74, 6) is -0.642. The lowest BCUT2D eigenvalue weighted by Gasteiger charge is -2.25. The van der Waals surface area contributed by atoms with Gasteiger partial charge in [-0.05, 0) is 30.5 Å². The average Bonchev–Trinajstić information content (AvgIpc) is 2.88. The first-order chi connectivity index (χ1) is 10.5. The van der Waals surface area contributed by atoms with Gasteiger partial charge in [0.1, 0.15) is 12.0 Å². The van der Waals surface area contributed by atoms with Gasteiger partial charge in [-0.25, -0.2) is 8.78 Å². The van der Waals surface area contributed by atoms with Crippen LogP contribution in [0.2, 0.25) is 0 Å². The van der Waals surface area contributed by atoms with Crippen LogP contribution in [0.3, 0.4) is 0 Å². The van der Waals surface area contributed by atoms with Crippen molar-refractivity contribution in [3.05, 3.63) is 47.8 Å². The largest absolute Gasteiger partial charge is 0.385 e. The fraction of sp³-hybridized carbons (Fsp3) is 0.471. The second-order valence-electron chi connectivity index (χ2n) is 5.56. The van der Waals surface area contributed by atoms with E-state index in [9.17, 15) is 13.6 Å². The third kappa shape index (κ3) is 3.91. The van der Waals surface area contributed by atoms with E-state index in [0.717, 1.165) is 0 Å². The summed E-state index contributed by atoms with van der Waals surface area (Å²) in [7, 11) is 1.60. The molecule has 0 spiro atoms. The van der Waals surface area contributed by atoms with Crippen LogP contribution in [0.25, 0.3) is 0 Å². The lowest BCUT2D eigenvalue weighted by Crippen LogP contribution is -2.32. The third-order valence-electron chi connectivity index (χ3n) is 3.87. The predicted molar refractivity (Wildman–Crippen MR) is 80.6 cm³/mol. The Bertz CT molecular complexity index is 547. The zero-order valence-electron chi connectivity index (χ0n) is 12.7. The van der Waals surface area contributed by atoms with Gasteiger partial charge in [0.05, 0.1) is 12.6 Å². The number of likely N-dealkylation sites (tertiary alicyclic amines) is 1. The number of carbonyl (C=O) groups excluding carboxylic acids is 1. The summed E-state index contributed by atoms with van der Waals surface area (Å²) >= 11 is 0. The number of hydrogen-bond acceptors (Lipinski definition) is 2. The van der Waals surface area contributed by atoms with Gasteiger partial charge < -0.3 is 9.64 Å². The van der Waals surface area contributed by atoms with E-state index in [0.29, 0.717) is 30.6 Å². The molecule has 2 atom stereocenters. The standard InChI is InChI=1S/C17H21F2NO2/c1-12(5-4-8-22-2)17(21)20-11-15(19)10-16(20)13-6-3-7-14(18)9-13/h3,6-7,9,15-16H,1,4-5,8,10-11H2,2H3. The van der Waals surface area contributed by atoms with Crippen molar-refractivity contribution in [1.29, 1.82) is 0 Å². The summed E-state index contributed by atoms with van der Waals surface area (Å²) in [5, 5.41) is 0. The van der Waals surface area contributed by atoms with Gasteiger partial charge in [-0.2, -0.15) is 0 Å². The van der Waals surface area contributed by atoms with Crippen LogP contribution in [0.15, 0.2) is 36.4 Å². The monoisotopic (exact) mass is 309 g/mol. The van der Waals surface area contributed by atoms with Crippen LogP contribution in [-0.2, 0) is 9.53 Å². The topological polar surface area (TPSA) is 29.5 Å². The molecule has 1 heterocycles. The Kier molecular flexibility index (Phi) is 5.66. The molecule has 2 unspecified atom stereocenters. The fourth-order valence-corrected chi connectivity index (χ4v) is 2.78. The summed E-state index contributed by atoms with van der Waals surface area (Å²) in [6.07, 6.45) is 0.304. The van der Waals surface area contributed by atoms with Crippen LogP contribution in [0, 0.1) is 5.82 Å². The molecule has 1 aromatic rings. The van der Waals surface area contributed by atoms with Crippen molar-refractivity contribution in [1.82, 2.24) is 4.90 Å². The Morgan fingerprint density at radius 3 is 2.95 bits per heavy atom. The van der Waals surface area contributed by atoms with Gasteiger partial charge in [0.25, 0.3) is 0 Å². The zero-order valence-corrected chi connectivity index (χ0v) is 12.7. The van der Waals surface area contributed by atoms with Gasteiger partial charge in [0, 0.05) is 25.7 Å². The van der Waals surface area contributed by atoms with Crippen molar-refractivity contribution in [3.63, 3.8) is 0 Å². The molecule has 1 aromatic carbocycles. The Morgan fingerprint density at radius 2 is 2.27 bits per heavy atom. The van der Waals surface area contributed by atoms with Gasteiger partial charge in [0.15, 0.2) is 0 Å². The molecule has 1 saturated heterocycles. The van der Waals surface area contributed by atoms with Crippen molar-refractivity contribution >= 4 is 5.91 Å². The molecule has 0 aliphatic carbocycles. The van der Waals surface area contributed by atoms with E-state index in [1.807, 2.05) is 0 Å². The summed E-state index contributed by atoms with van der Waals surface area (Å²) < 4.78 is 32.1. The first-order valence-corrected chi connectivity index (χ1v) is 7.40. The van der Waals surface area contributed by atoms with Crippen LogP contribution in [-0.4, -0.2) is 37.2 Å². The van der Waals surface area contributed by atoms with Gasteiger partial charge in [0.2, 0.25) is 5.91 Å². The first kappa shape index (κ1) is 16.6. The lowest BCUT2D eigenvalue weighted by molar-refractivity contribution is -0.128. The molecular weight excluding hydrogens is 288 g/mol. The Morgan fingerprint density at radius 1 is 1.50 bits per heavy atom. The smallest absolute Gasteiger partial charge is 0.249 e. The van der Waals surface area contributed by atoms with E-state index in [1.165, 1.54) is 17.0 Å². The quantitative estimate of drug-likeness (QED) is 0.595. The molecule has 0 N–H and O–H groups in total. The summed E-state index contributed by atoms with van der Waals surface area (Å²) in [5.41, 5.74) is 1.06. The maximum atomic E-state index is 13.8. The molecule has 5 heteroatoms. The van der Waals surface area contributed by atoms with Gasteiger partial charge in [-0.1, -0.05) is 18.7 Å². The number of amides is 1. The van der Waals surface area contributed by atoms with Crippen LogP contribution in [0.4, 0.5) is 8.78 Å². The highest BCUT2D eigenvalue weighted by Crippen LogP contribution is 2.35. The van der Waals surface area contributed by atoms with Crippen LogP contribution in [0.1, 0.15) is 30.9 Å². The molecule has 0 bridgehead atoms. The molecule has 0 radical (unpaired) electrons. The van der Waals surface area contributed by atoms with Crippen molar-refractivity contribution < 1.29 is 18.3 Å². The van der Waals surface area contributed by atoms with E-state index >= 15 is 0 Å². The number of hydrogen-bond donors (Lipinski definition) is 0. The Balaban J connectivity index is 2.10. The molecular formula is C17H21F2NO2. The number of carbonyl (C=O) groups is 1. The predicted octanol–water partition coefficient (Wildman–Crippen LogP) is 3.42. The minimum atomic E-state index is -1.09. The Hall–Kier alpha value is -1.75. The number of nitrogens with zero attached hydrogens (tertiary/aromatic N) is 1. The Labute approximate surface area is 129 Å². The van der Waals surface area contributed by atoms with Crippen LogP contribution in [0.5, 0.6) is 0 Å². The molecule has 1 aliphatic heterocycles. The number of ether oxygens (including phenoxy) is 1. The van der Waals surface area contributed by atoms with Crippen molar-refractivity contribution in [3.8, 4) is 0 Å². The molecule has 1 amide bonds. The number of methoxy groups -OCH3 is 1. The van der Waals surface area contributed by atoms with E-state index in [2.05, 4.69) is 6.58 Å². The van der Waals surface area contributed by atoms with E-state index in [-0.39, 0.29) is 24.7 Å². The summed E-state index contributed by atoms with van der Waals surface area (Å²) in [4.78, 5) is 13.9. The van der Waals surface area contributed by atoms with Gasteiger partial charge in [-0.15, -0.1) is 0 Å². The van der Waals surface area contributed by atoms with Crippen molar-refractivity contribution in [2.75, 3.05) is 20.3 Å².